The molecule has 19 heavy (non-hydrogen) atoms. The van der Waals surface area contributed by atoms with Gasteiger partial charge in [0.05, 0.1) is 8.07 Å². The highest BCUT2D eigenvalue weighted by atomic mass is 79.9. The lowest BCUT2D eigenvalue weighted by Crippen LogP contribution is -2.40. The molecule has 0 aliphatic rings. The molecule has 3 nitrogen and oxygen atoms in total. The Morgan fingerprint density at radius 3 is 2.16 bits per heavy atom. The molecule has 0 aliphatic heterocycles. The van der Waals surface area contributed by atoms with Gasteiger partial charge in [0.15, 0.2) is 0 Å². The van der Waals surface area contributed by atoms with Gasteiger partial charge in [-0.05, 0) is 23.4 Å². The minimum Gasteiger partial charge on any atom is -0.376 e. The van der Waals surface area contributed by atoms with Crippen molar-refractivity contribution in [1.29, 1.82) is 0 Å². The van der Waals surface area contributed by atoms with E-state index in [1.165, 1.54) is 12.1 Å². The lowest BCUT2D eigenvalue weighted by molar-refractivity contribution is -0.0499. The van der Waals surface area contributed by atoms with Crippen LogP contribution < -0.4 is 9.37 Å². The maximum Gasteiger partial charge on any atom is 0.534 e. The molecule has 0 atom stereocenters. The highest BCUT2D eigenvalue weighted by Crippen LogP contribution is 2.28. The SMILES string of the molecule is C[Si](C)(C)c1cc(Br)ccc1OS(=O)(=O)C(F)(F)F. The first-order valence-corrected chi connectivity index (χ1v) is 10.9. The Morgan fingerprint density at radius 1 is 1.21 bits per heavy atom. The standard InChI is InChI=1S/C10H12BrF3O3SSi/c1-19(2,3)9-6-7(11)4-5-8(9)17-18(15,16)10(12,13)14/h4-6H,1-3H3. The van der Waals surface area contributed by atoms with E-state index in [-0.39, 0.29) is 5.75 Å². The number of halogens is 4. The summed E-state index contributed by atoms with van der Waals surface area (Å²) in [5.41, 5.74) is -5.43. The van der Waals surface area contributed by atoms with Gasteiger partial charge in [0.2, 0.25) is 0 Å². The van der Waals surface area contributed by atoms with E-state index >= 15 is 0 Å². The van der Waals surface area contributed by atoms with E-state index in [0.717, 1.165) is 0 Å². The van der Waals surface area contributed by atoms with Gasteiger partial charge in [-0.3, -0.25) is 0 Å². The summed E-state index contributed by atoms with van der Waals surface area (Å²) in [6.07, 6.45) is 0. The van der Waals surface area contributed by atoms with E-state index in [4.69, 9.17) is 0 Å². The van der Waals surface area contributed by atoms with E-state index in [1.54, 1.807) is 6.07 Å². The van der Waals surface area contributed by atoms with Crippen LogP contribution in [0.1, 0.15) is 0 Å². The van der Waals surface area contributed by atoms with Crippen LogP contribution in [0, 0.1) is 0 Å². The Labute approximate surface area is 119 Å². The molecule has 0 aliphatic carbocycles. The van der Waals surface area contributed by atoms with Gasteiger partial charge >= 0.3 is 15.6 Å². The van der Waals surface area contributed by atoms with E-state index in [1.807, 2.05) is 19.6 Å². The zero-order chi connectivity index (χ0) is 15.1. The lowest BCUT2D eigenvalue weighted by atomic mass is 10.3. The molecule has 0 spiro atoms. The Morgan fingerprint density at radius 2 is 1.74 bits per heavy atom. The van der Waals surface area contributed by atoms with E-state index < -0.39 is 23.7 Å². The van der Waals surface area contributed by atoms with Crippen LogP contribution in [0.5, 0.6) is 5.75 Å². The molecular formula is C10H12BrF3O3SSi. The van der Waals surface area contributed by atoms with Gasteiger partial charge in [-0.2, -0.15) is 21.6 Å². The Kier molecular flexibility index (Phi) is 4.43. The van der Waals surface area contributed by atoms with Gasteiger partial charge < -0.3 is 4.18 Å². The zero-order valence-corrected chi connectivity index (χ0v) is 13.8. The Balaban J connectivity index is 3.31. The van der Waals surface area contributed by atoms with Gasteiger partial charge in [0.25, 0.3) is 0 Å². The average Bonchev–Trinajstić information content (AvgIpc) is 2.17. The summed E-state index contributed by atoms with van der Waals surface area (Å²) in [7, 11) is -7.69. The predicted molar refractivity (Wildman–Crippen MR) is 72.7 cm³/mol. The van der Waals surface area contributed by atoms with Gasteiger partial charge in [-0.15, -0.1) is 0 Å². The first-order valence-electron chi connectivity index (χ1n) is 5.15. The molecule has 0 amide bonds. The molecular weight excluding hydrogens is 365 g/mol. The van der Waals surface area contributed by atoms with Crippen molar-refractivity contribution < 1.29 is 25.8 Å². The van der Waals surface area contributed by atoms with Gasteiger partial charge in [-0.1, -0.05) is 35.6 Å². The van der Waals surface area contributed by atoms with Crippen LogP contribution in [0.4, 0.5) is 13.2 Å². The van der Waals surface area contributed by atoms with Gasteiger partial charge in [0, 0.05) is 4.47 Å². The average molecular weight is 377 g/mol. The number of hydrogen-bond acceptors (Lipinski definition) is 3. The van der Waals surface area contributed by atoms with Crippen molar-refractivity contribution in [1.82, 2.24) is 0 Å². The molecule has 0 fully saturated rings. The third-order valence-electron chi connectivity index (χ3n) is 2.23. The molecule has 0 radical (unpaired) electrons. The molecule has 0 bridgehead atoms. The van der Waals surface area contributed by atoms with Gasteiger partial charge in [0.1, 0.15) is 5.75 Å². The van der Waals surface area contributed by atoms with Gasteiger partial charge in [-0.25, -0.2) is 0 Å². The third kappa shape index (κ3) is 3.96. The van der Waals surface area contributed by atoms with Crippen molar-refractivity contribution in [3.63, 3.8) is 0 Å². The number of benzene rings is 1. The maximum atomic E-state index is 12.3. The van der Waals surface area contributed by atoms with Crippen LogP contribution in [0.15, 0.2) is 22.7 Å². The quantitative estimate of drug-likeness (QED) is 0.462. The molecule has 1 aromatic rings. The first-order chi connectivity index (χ1) is 8.34. The Bertz CT molecular complexity index is 579. The molecule has 1 aromatic carbocycles. The van der Waals surface area contributed by atoms with Crippen molar-refractivity contribution in [3.05, 3.63) is 22.7 Å². The summed E-state index contributed by atoms with van der Waals surface area (Å²) in [4.78, 5) is 0. The smallest absolute Gasteiger partial charge is 0.376 e. The third-order valence-corrected chi connectivity index (χ3v) is 5.70. The molecule has 0 heterocycles. The van der Waals surface area contributed by atoms with E-state index in [0.29, 0.717) is 9.66 Å². The largest absolute Gasteiger partial charge is 0.534 e. The van der Waals surface area contributed by atoms with Crippen LogP contribution >= 0.6 is 15.9 Å². The molecule has 0 N–H and O–H groups in total. The summed E-state index contributed by atoms with van der Waals surface area (Å²) in [6.45, 7) is 5.63. The monoisotopic (exact) mass is 376 g/mol. The second kappa shape index (κ2) is 5.10. The second-order valence-electron chi connectivity index (χ2n) is 4.87. The maximum absolute atomic E-state index is 12.3. The Hall–Kier alpha value is -0.543. The highest BCUT2D eigenvalue weighted by Gasteiger charge is 2.49. The minimum atomic E-state index is -5.64. The predicted octanol–water partition coefficient (Wildman–Crippen LogP) is 3.22. The van der Waals surface area contributed by atoms with E-state index in [2.05, 4.69) is 20.1 Å². The van der Waals surface area contributed by atoms with Crippen molar-refractivity contribution in [3.8, 4) is 5.75 Å². The molecule has 0 saturated heterocycles. The van der Waals surface area contributed by atoms with Crippen LogP contribution in [0.3, 0.4) is 0 Å². The van der Waals surface area contributed by atoms with Crippen LogP contribution in [0.2, 0.25) is 19.6 Å². The van der Waals surface area contributed by atoms with Crippen LogP contribution in [0.25, 0.3) is 0 Å². The highest BCUT2D eigenvalue weighted by molar-refractivity contribution is 9.10. The topological polar surface area (TPSA) is 43.4 Å². The summed E-state index contributed by atoms with van der Waals surface area (Å²) < 4.78 is 63.9. The first kappa shape index (κ1) is 16.5. The summed E-state index contributed by atoms with van der Waals surface area (Å²) in [6, 6.07) is 4.25. The zero-order valence-electron chi connectivity index (χ0n) is 10.4. The van der Waals surface area contributed by atoms with Crippen molar-refractivity contribution in [2.24, 2.45) is 0 Å². The molecule has 108 valence electrons. The molecule has 0 aromatic heterocycles. The van der Waals surface area contributed by atoms with Crippen molar-refractivity contribution in [2.45, 2.75) is 25.1 Å². The van der Waals surface area contributed by atoms with Crippen LogP contribution in [-0.4, -0.2) is 22.0 Å². The summed E-state index contributed by atoms with van der Waals surface area (Å²) in [5.74, 6) is -0.264. The second-order valence-corrected chi connectivity index (χ2v) is 12.4. The molecule has 1 rings (SSSR count). The fourth-order valence-corrected chi connectivity index (χ4v) is 3.91. The number of alkyl halides is 3. The fraction of sp³-hybridized carbons (Fsp3) is 0.400. The normalized spacial score (nSPS) is 13.4. The molecule has 9 heteroatoms. The van der Waals surface area contributed by atoms with E-state index in [9.17, 15) is 21.6 Å². The lowest BCUT2D eigenvalue weighted by Gasteiger charge is -2.21. The molecule has 0 unspecified atom stereocenters. The summed E-state index contributed by atoms with van der Waals surface area (Å²) in [5, 5.41) is 0.495. The number of rotatable bonds is 3. The van der Waals surface area contributed by atoms with Crippen molar-refractivity contribution in [2.75, 3.05) is 0 Å². The van der Waals surface area contributed by atoms with Crippen LogP contribution in [-0.2, 0) is 10.1 Å². The minimum absolute atomic E-state index is 0.264. The number of hydrogen-bond donors (Lipinski definition) is 0. The van der Waals surface area contributed by atoms with Crippen molar-refractivity contribution >= 4 is 39.3 Å². The molecule has 0 saturated carbocycles. The summed E-state index contributed by atoms with van der Waals surface area (Å²) >= 11 is 3.20. The fourth-order valence-electron chi connectivity index (χ4n) is 1.33.